The number of nitrogens with two attached hydrogens (primary N) is 1. The van der Waals surface area contributed by atoms with Crippen molar-refractivity contribution in [2.75, 3.05) is 41.8 Å². The minimum Gasteiger partial charge on any atom is -0.431 e. The molecule has 172 valence electrons. The maximum atomic E-state index is 14.2. The third kappa shape index (κ3) is 4.01. The van der Waals surface area contributed by atoms with Crippen LogP contribution in [-0.4, -0.2) is 66.1 Å². The fourth-order valence-corrected chi connectivity index (χ4v) is 4.57. The zero-order valence-corrected chi connectivity index (χ0v) is 17.6. The van der Waals surface area contributed by atoms with Crippen molar-refractivity contribution in [3.8, 4) is 17.0 Å². The van der Waals surface area contributed by atoms with Crippen LogP contribution in [0.3, 0.4) is 0 Å². The van der Waals surface area contributed by atoms with Gasteiger partial charge in [0.15, 0.2) is 11.6 Å². The van der Waals surface area contributed by atoms with Crippen LogP contribution < -0.4 is 20.3 Å². The number of halogens is 3. The monoisotopic (exact) mass is 450 g/mol. The summed E-state index contributed by atoms with van der Waals surface area (Å²) >= 11 is 0. The van der Waals surface area contributed by atoms with Crippen LogP contribution >= 0.6 is 0 Å². The van der Waals surface area contributed by atoms with E-state index in [4.69, 9.17) is 15.5 Å². The van der Waals surface area contributed by atoms with Gasteiger partial charge in [0.1, 0.15) is 12.0 Å². The number of aromatic nitrogens is 3. The Hall–Kier alpha value is -2.82. The number of morpholine rings is 1. The van der Waals surface area contributed by atoms with Gasteiger partial charge >= 0.3 is 6.61 Å². The SMILES string of the molecule is CC1CN(c2nc(-c3cnc(N)c(OC(F)F)c3)cc(N3C[C@@H]4CC[C@H]3CO4)n2)CC1F. The first-order valence-corrected chi connectivity index (χ1v) is 10.7. The second-order valence-electron chi connectivity index (χ2n) is 8.63. The number of nitrogen functional groups attached to an aromatic ring is 1. The fourth-order valence-electron chi connectivity index (χ4n) is 4.57. The molecule has 2 unspecified atom stereocenters. The number of rotatable bonds is 5. The molecule has 4 fully saturated rings. The second kappa shape index (κ2) is 8.27. The molecule has 32 heavy (non-hydrogen) atoms. The minimum atomic E-state index is -3.03. The number of anilines is 3. The van der Waals surface area contributed by atoms with Gasteiger partial charge in [0, 0.05) is 36.8 Å². The van der Waals surface area contributed by atoms with Crippen LogP contribution in [0.1, 0.15) is 19.8 Å². The lowest BCUT2D eigenvalue weighted by Crippen LogP contribution is -2.55. The number of alkyl halides is 3. The molecule has 6 heterocycles. The van der Waals surface area contributed by atoms with Gasteiger partial charge in [-0.1, -0.05) is 6.92 Å². The number of hydrogen-bond acceptors (Lipinski definition) is 8. The highest BCUT2D eigenvalue weighted by atomic mass is 19.3. The molecule has 2 bridgehead atoms. The van der Waals surface area contributed by atoms with Crippen molar-refractivity contribution in [3.05, 3.63) is 18.3 Å². The van der Waals surface area contributed by atoms with E-state index >= 15 is 0 Å². The number of fused-ring (bicyclic) bond motifs is 3. The lowest BCUT2D eigenvalue weighted by molar-refractivity contribution is -0.0494. The Bertz CT molecular complexity index is 978. The molecule has 4 aliphatic heterocycles. The van der Waals surface area contributed by atoms with Gasteiger partial charge in [-0.2, -0.15) is 13.8 Å². The van der Waals surface area contributed by atoms with E-state index in [0.717, 1.165) is 12.8 Å². The summed E-state index contributed by atoms with van der Waals surface area (Å²) < 4.78 is 50.1. The summed E-state index contributed by atoms with van der Waals surface area (Å²) in [5.41, 5.74) is 6.63. The van der Waals surface area contributed by atoms with E-state index in [2.05, 4.69) is 19.6 Å². The van der Waals surface area contributed by atoms with Gasteiger partial charge < -0.3 is 25.0 Å². The maximum Gasteiger partial charge on any atom is 0.387 e. The summed E-state index contributed by atoms with van der Waals surface area (Å²) in [5, 5.41) is 0. The Morgan fingerprint density at radius 2 is 2.03 bits per heavy atom. The van der Waals surface area contributed by atoms with Gasteiger partial charge in [-0.15, -0.1) is 0 Å². The Labute approximate surface area is 183 Å². The molecule has 0 aromatic carbocycles. The van der Waals surface area contributed by atoms with Crippen molar-refractivity contribution in [2.45, 2.75) is 44.7 Å². The standard InChI is InChI=1S/C21H25F3N6O2/c1-11-7-29(9-15(11)22)21-27-16(12-4-17(32-20(23)24)19(25)26-6-12)5-18(28-21)30-8-14-3-2-13(30)10-31-14/h4-6,11,13-15,20H,2-3,7-10H2,1H3,(H2,25,26)/t11?,13-,14-,15?/m0/s1. The highest BCUT2D eigenvalue weighted by molar-refractivity contribution is 5.68. The first kappa shape index (κ1) is 21.0. The maximum absolute atomic E-state index is 14.2. The Morgan fingerprint density at radius 1 is 1.19 bits per heavy atom. The van der Waals surface area contributed by atoms with E-state index in [1.165, 1.54) is 12.3 Å². The average Bonchev–Trinajstić information content (AvgIpc) is 3.14. The molecular weight excluding hydrogens is 425 g/mol. The second-order valence-corrected chi connectivity index (χ2v) is 8.63. The summed E-state index contributed by atoms with van der Waals surface area (Å²) in [6.07, 6.45) is 2.65. The van der Waals surface area contributed by atoms with E-state index < -0.39 is 12.8 Å². The summed E-state index contributed by atoms with van der Waals surface area (Å²) in [7, 11) is 0. The van der Waals surface area contributed by atoms with Crippen LogP contribution in [0.2, 0.25) is 0 Å². The largest absolute Gasteiger partial charge is 0.431 e. The highest BCUT2D eigenvalue weighted by Crippen LogP contribution is 2.35. The van der Waals surface area contributed by atoms with Crippen LogP contribution in [0, 0.1) is 5.92 Å². The third-order valence-corrected chi connectivity index (χ3v) is 6.38. The van der Waals surface area contributed by atoms with Crippen LogP contribution in [-0.2, 0) is 4.74 Å². The summed E-state index contributed by atoms with van der Waals surface area (Å²) in [4.78, 5) is 17.4. The molecule has 0 spiro atoms. The first-order chi connectivity index (χ1) is 15.4. The molecule has 0 aliphatic carbocycles. The number of nitrogens with zero attached hydrogens (tertiary/aromatic N) is 5. The van der Waals surface area contributed by atoms with Gasteiger partial charge in [-0.05, 0) is 18.9 Å². The van der Waals surface area contributed by atoms with E-state index in [9.17, 15) is 13.2 Å². The Morgan fingerprint density at radius 3 is 2.66 bits per heavy atom. The molecule has 0 amide bonds. The Balaban J connectivity index is 1.55. The van der Waals surface area contributed by atoms with Gasteiger partial charge in [-0.3, -0.25) is 0 Å². The van der Waals surface area contributed by atoms with Gasteiger partial charge in [-0.25, -0.2) is 14.4 Å². The topological polar surface area (TPSA) is 89.6 Å². The molecule has 4 saturated heterocycles. The van der Waals surface area contributed by atoms with E-state index in [-0.39, 0.29) is 36.2 Å². The summed E-state index contributed by atoms with van der Waals surface area (Å²) in [5.74, 6) is 0.617. The normalized spacial score (nSPS) is 27.4. The van der Waals surface area contributed by atoms with Crippen LogP contribution in [0.15, 0.2) is 18.3 Å². The fraction of sp³-hybridized carbons (Fsp3) is 0.571. The molecule has 11 heteroatoms. The molecule has 2 aromatic rings. The van der Waals surface area contributed by atoms with Crippen molar-refractivity contribution < 1.29 is 22.6 Å². The number of pyridine rings is 1. The molecule has 0 saturated carbocycles. The van der Waals surface area contributed by atoms with Crippen molar-refractivity contribution in [2.24, 2.45) is 5.92 Å². The lowest BCUT2D eigenvalue weighted by atomic mass is 9.97. The first-order valence-electron chi connectivity index (χ1n) is 10.7. The van der Waals surface area contributed by atoms with Crippen LogP contribution in [0.25, 0.3) is 11.3 Å². The van der Waals surface area contributed by atoms with Gasteiger partial charge in [0.25, 0.3) is 0 Å². The van der Waals surface area contributed by atoms with E-state index in [1.807, 2.05) is 11.8 Å². The molecule has 4 aliphatic rings. The van der Waals surface area contributed by atoms with Gasteiger partial charge in [0.05, 0.1) is 31.0 Å². The predicted molar refractivity (Wildman–Crippen MR) is 113 cm³/mol. The zero-order chi connectivity index (χ0) is 22.4. The van der Waals surface area contributed by atoms with Crippen molar-refractivity contribution >= 4 is 17.6 Å². The minimum absolute atomic E-state index is 0.130. The number of ether oxygens (including phenoxy) is 2. The number of piperidine rings is 1. The average molecular weight is 450 g/mol. The molecule has 0 radical (unpaired) electrons. The van der Waals surface area contributed by atoms with Crippen LogP contribution in [0.5, 0.6) is 5.75 Å². The van der Waals surface area contributed by atoms with Crippen molar-refractivity contribution in [1.29, 1.82) is 0 Å². The van der Waals surface area contributed by atoms with Crippen molar-refractivity contribution in [3.63, 3.8) is 0 Å². The number of hydrogen-bond donors (Lipinski definition) is 1. The molecule has 2 N–H and O–H groups in total. The van der Waals surface area contributed by atoms with Crippen molar-refractivity contribution in [1.82, 2.24) is 15.0 Å². The smallest absolute Gasteiger partial charge is 0.387 e. The molecule has 8 nitrogen and oxygen atoms in total. The predicted octanol–water partition coefficient (Wildman–Crippen LogP) is 2.88. The van der Waals surface area contributed by atoms with Crippen LogP contribution in [0.4, 0.5) is 30.8 Å². The third-order valence-electron chi connectivity index (χ3n) is 6.38. The molecule has 2 aromatic heterocycles. The lowest BCUT2D eigenvalue weighted by Gasteiger charge is -2.45. The highest BCUT2D eigenvalue weighted by Gasteiger charge is 2.37. The Kier molecular flexibility index (Phi) is 5.44. The summed E-state index contributed by atoms with van der Waals surface area (Å²) in [6, 6.07) is 3.39. The zero-order valence-electron chi connectivity index (χ0n) is 17.6. The quantitative estimate of drug-likeness (QED) is 0.744. The molecular formula is C21H25F3N6O2. The summed E-state index contributed by atoms with van der Waals surface area (Å²) in [6.45, 7) is 0.874. The van der Waals surface area contributed by atoms with E-state index in [0.29, 0.717) is 42.7 Å². The molecule has 4 atom stereocenters. The van der Waals surface area contributed by atoms with E-state index in [1.54, 1.807) is 6.07 Å². The molecule has 6 rings (SSSR count). The van der Waals surface area contributed by atoms with Gasteiger partial charge in [0.2, 0.25) is 5.95 Å².